The largest absolute Gasteiger partial charge is 0.508 e. The van der Waals surface area contributed by atoms with Crippen molar-refractivity contribution in [2.24, 2.45) is 0 Å². The van der Waals surface area contributed by atoms with Gasteiger partial charge in [0.25, 0.3) is 0 Å². The number of carbonyl (C=O) groups is 2. The third-order valence-electron chi connectivity index (χ3n) is 2.97. The van der Waals surface area contributed by atoms with Gasteiger partial charge in [-0.3, -0.25) is 10.1 Å². The molecule has 3 N–H and O–H groups in total. The highest BCUT2D eigenvalue weighted by Gasteiger charge is 2.29. The Morgan fingerprint density at radius 3 is 2.77 bits per heavy atom. The summed E-state index contributed by atoms with van der Waals surface area (Å²) >= 11 is 1.11. The number of phenolic OH excluding ortho intramolecular Hbond substituents is 2. The van der Waals surface area contributed by atoms with E-state index < -0.39 is 11.9 Å². The summed E-state index contributed by atoms with van der Waals surface area (Å²) in [7, 11) is 0. The van der Waals surface area contributed by atoms with Gasteiger partial charge in [-0.05, 0) is 25.0 Å². The predicted octanol–water partition coefficient (Wildman–Crippen LogP) is 1.87. The molecule has 114 valence electrons. The van der Waals surface area contributed by atoms with Crippen LogP contribution in [-0.4, -0.2) is 33.2 Å². The third kappa shape index (κ3) is 3.17. The highest BCUT2D eigenvalue weighted by molar-refractivity contribution is 7.14. The van der Waals surface area contributed by atoms with Crippen LogP contribution in [0.4, 0.5) is 5.13 Å². The average molecular weight is 320 g/mol. The first-order chi connectivity index (χ1) is 10.5. The summed E-state index contributed by atoms with van der Waals surface area (Å²) in [6.45, 7) is 0. The van der Waals surface area contributed by atoms with E-state index in [1.807, 2.05) is 0 Å². The van der Waals surface area contributed by atoms with Crippen molar-refractivity contribution in [2.45, 2.75) is 18.9 Å². The van der Waals surface area contributed by atoms with Crippen LogP contribution >= 0.6 is 11.3 Å². The van der Waals surface area contributed by atoms with Crippen LogP contribution in [0, 0.1) is 0 Å². The topological polar surface area (TPSA) is 109 Å². The van der Waals surface area contributed by atoms with Crippen molar-refractivity contribution in [1.82, 2.24) is 4.98 Å². The lowest BCUT2D eigenvalue weighted by Crippen LogP contribution is -2.25. The molecule has 0 bridgehead atoms. The first-order valence-electron chi connectivity index (χ1n) is 6.53. The molecule has 1 fully saturated rings. The van der Waals surface area contributed by atoms with Crippen LogP contribution < -0.4 is 5.32 Å². The Hall–Kier alpha value is -2.61. The number of hydrogen-bond donors (Lipinski definition) is 3. The molecule has 1 amide bonds. The SMILES string of the molecule is O=C(Nc1nc(-c2ccc(O)cc2O)cs1)C(=O)OC1CC1. The van der Waals surface area contributed by atoms with Gasteiger partial charge in [-0.25, -0.2) is 9.78 Å². The standard InChI is InChI=1S/C14H12N2O5S/c17-7-1-4-9(11(18)5-7)10-6-22-14(15-10)16-12(19)13(20)21-8-2-3-8/h1,4-6,8,17-18H,2-3H2,(H,15,16,19). The van der Waals surface area contributed by atoms with E-state index in [-0.39, 0.29) is 22.7 Å². The van der Waals surface area contributed by atoms with Crippen LogP contribution in [0.1, 0.15) is 12.8 Å². The Morgan fingerprint density at radius 2 is 2.09 bits per heavy atom. The fourth-order valence-electron chi connectivity index (χ4n) is 1.73. The van der Waals surface area contributed by atoms with Crippen molar-refractivity contribution < 1.29 is 24.5 Å². The van der Waals surface area contributed by atoms with Gasteiger partial charge in [-0.2, -0.15) is 0 Å². The predicted molar refractivity (Wildman–Crippen MR) is 78.6 cm³/mol. The molecule has 2 aromatic rings. The summed E-state index contributed by atoms with van der Waals surface area (Å²) < 4.78 is 4.88. The van der Waals surface area contributed by atoms with Crippen LogP contribution in [0.25, 0.3) is 11.3 Å². The molecule has 1 aromatic carbocycles. The van der Waals surface area contributed by atoms with Crippen LogP contribution in [0.2, 0.25) is 0 Å². The number of nitrogens with zero attached hydrogens (tertiary/aromatic N) is 1. The number of rotatable bonds is 3. The number of ether oxygens (including phenoxy) is 1. The minimum Gasteiger partial charge on any atom is -0.508 e. The second-order valence-corrected chi connectivity index (χ2v) is 5.66. The van der Waals surface area contributed by atoms with Crippen molar-refractivity contribution >= 4 is 28.3 Å². The summed E-state index contributed by atoms with van der Waals surface area (Å²) in [4.78, 5) is 27.2. The molecule has 1 heterocycles. The summed E-state index contributed by atoms with van der Waals surface area (Å²) in [5.41, 5.74) is 0.837. The molecule has 1 aliphatic carbocycles. The van der Waals surface area contributed by atoms with Gasteiger partial charge in [0.2, 0.25) is 0 Å². The van der Waals surface area contributed by atoms with E-state index in [9.17, 15) is 19.8 Å². The van der Waals surface area contributed by atoms with Crippen molar-refractivity contribution in [3.05, 3.63) is 23.6 Å². The minimum atomic E-state index is -0.924. The van der Waals surface area contributed by atoms with Crippen molar-refractivity contribution in [1.29, 1.82) is 0 Å². The van der Waals surface area contributed by atoms with Crippen LogP contribution in [0.15, 0.2) is 23.6 Å². The Bertz CT molecular complexity index is 739. The molecule has 0 saturated heterocycles. The monoisotopic (exact) mass is 320 g/mol. The molecule has 1 aliphatic rings. The van der Waals surface area contributed by atoms with Gasteiger partial charge in [-0.1, -0.05) is 0 Å². The summed E-state index contributed by atoms with van der Waals surface area (Å²) in [5, 5.41) is 23.2. The number of carbonyl (C=O) groups excluding carboxylic acids is 2. The van der Waals surface area contributed by atoms with Crippen molar-refractivity contribution in [3.63, 3.8) is 0 Å². The molecule has 22 heavy (non-hydrogen) atoms. The second kappa shape index (κ2) is 5.64. The Morgan fingerprint density at radius 1 is 1.32 bits per heavy atom. The zero-order valence-corrected chi connectivity index (χ0v) is 12.1. The molecule has 1 aromatic heterocycles. The Kier molecular flexibility index (Phi) is 3.68. The second-order valence-electron chi connectivity index (χ2n) is 4.80. The minimum absolute atomic E-state index is 0.0622. The maximum absolute atomic E-state index is 11.6. The average Bonchev–Trinajstić information content (AvgIpc) is 3.16. The number of thiazole rings is 1. The van der Waals surface area contributed by atoms with Gasteiger partial charge in [0, 0.05) is 17.0 Å². The van der Waals surface area contributed by atoms with Gasteiger partial charge >= 0.3 is 11.9 Å². The van der Waals surface area contributed by atoms with E-state index in [2.05, 4.69) is 10.3 Å². The fraction of sp³-hybridized carbons (Fsp3) is 0.214. The van der Waals surface area contributed by atoms with E-state index in [0.717, 1.165) is 24.2 Å². The summed E-state index contributed by atoms with van der Waals surface area (Å²) in [5.74, 6) is -1.99. The maximum atomic E-state index is 11.6. The Labute approximate surface area is 129 Å². The lowest BCUT2D eigenvalue weighted by atomic mass is 10.1. The smallest absolute Gasteiger partial charge is 0.397 e. The summed E-state index contributed by atoms with van der Waals surface area (Å²) in [6, 6.07) is 4.12. The highest BCUT2D eigenvalue weighted by Crippen LogP contribution is 2.33. The van der Waals surface area contributed by atoms with Crippen molar-refractivity contribution in [3.8, 4) is 22.8 Å². The number of amides is 1. The number of hydrogen-bond acceptors (Lipinski definition) is 7. The first-order valence-corrected chi connectivity index (χ1v) is 7.41. The van der Waals surface area contributed by atoms with E-state index in [1.165, 1.54) is 18.2 Å². The number of nitrogens with one attached hydrogen (secondary N) is 1. The highest BCUT2D eigenvalue weighted by atomic mass is 32.1. The molecule has 0 unspecified atom stereocenters. The zero-order chi connectivity index (χ0) is 15.7. The molecule has 0 atom stereocenters. The number of anilines is 1. The molecular weight excluding hydrogens is 308 g/mol. The van der Waals surface area contributed by atoms with Gasteiger partial charge in [0.1, 0.15) is 17.6 Å². The molecule has 7 nitrogen and oxygen atoms in total. The van der Waals surface area contributed by atoms with Crippen LogP contribution in [0.3, 0.4) is 0 Å². The van der Waals surface area contributed by atoms with E-state index in [4.69, 9.17) is 4.74 Å². The van der Waals surface area contributed by atoms with E-state index in [1.54, 1.807) is 5.38 Å². The van der Waals surface area contributed by atoms with E-state index in [0.29, 0.717) is 11.3 Å². The summed E-state index contributed by atoms with van der Waals surface area (Å²) in [6.07, 6.45) is 1.44. The fourth-order valence-corrected chi connectivity index (χ4v) is 2.44. The molecule has 0 spiro atoms. The maximum Gasteiger partial charge on any atom is 0.397 e. The van der Waals surface area contributed by atoms with Crippen LogP contribution in [0.5, 0.6) is 11.5 Å². The number of aromatic nitrogens is 1. The first kappa shape index (κ1) is 14.3. The third-order valence-corrected chi connectivity index (χ3v) is 3.72. The molecule has 3 rings (SSSR count). The van der Waals surface area contributed by atoms with Gasteiger partial charge in [-0.15, -0.1) is 11.3 Å². The number of benzene rings is 1. The molecule has 0 radical (unpaired) electrons. The molecule has 1 saturated carbocycles. The number of phenols is 2. The number of esters is 1. The van der Waals surface area contributed by atoms with Gasteiger partial charge in [0.05, 0.1) is 5.69 Å². The molecule has 8 heteroatoms. The lowest BCUT2D eigenvalue weighted by Gasteiger charge is -2.02. The Balaban J connectivity index is 1.70. The van der Waals surface area contributed by atoms with Gasteiger partial charge in [0.15, 0.2) is 5.13 Å². The number of aromatic hydroxyl groups is 2. The normalized spacial score (nSPS) is 13.6. The molecular formula is C14H12N2O5S. The van der Waals surface area contributed by atoms with Crippen LogP contribution in [-0.2, 0) is 14.3 Å². The lowest BCUT2D eigenvalue weighted by molar-refractivity contribution is -0.153. The van der Waals surface area contributed by atoms with E-state index >= 15 is 0 Å². The molecule has 0 aliphatic heterocycles. The van der Waals surface area contributed by atoms with Gasteiger partial charge < -0.3 is 14.9 Å². The quantitative estimate of drug-likeness (QED) is 0.588. The zero-order valence-electron chi connectivity index (χ0n) is 11.3. The van der Waals surface area contributed by atoms with Crippen molar-refractivity contribution in [2.75, 3.05) is 5.32 Å².